The van der Waals surface area contributed by atoms with E-state index in [-0.39, 0.29) is 17.5 Å². The van der Waals surface area contributed by atoms with Crippen LogP contribution in [0.5, 0.6) is 5.75 Å². The van der Waals surface area contributed by atoms with Gasteiger partial charge in [-0.2, -0.15) is 0 Å². The molecule has 0 bridgehead atoms. The van der Waals surface area contributed by atoms with Gasteiger partial charge in [-0.05, 0) is 80.3 Å². The number of hydrogen-bond donors (Lipinski definition) is 1. The Kier molecular flexibility index (Phi) is 5.27. The van der Waals surface area contributed by atoms with Crippen LogP contribution in [0, 0.1) is 29.4 Å². The van der Waals surface area contributed by atoms with Crippen molar-refractivity contribution in [3.8, 4) is 5.75 Å². The number of ether oxygens (including phenoxy) is 1. The van der Waals surface area contributed by atoms with Gasteiger partial charge < -0.3 is 10.1 Å². The molecule has 5 rings (SSSR count). The number of fused-ring (bicyclic) bond motifs is 3. The van der Waals surface area contributed by atoms with Gasteiger partial charge in [0.2, 0.25) is 0 Å². The van der Waals surface area contributed by atoms with Crippen molar-refractivity contribution in [3.63, 3.8) is 0 Å². The van der Waals surface area contributed by atoms with Gasteiger partial charge in [0, 0.05) is 28.0 Å². The third-order valence-electron chi connectivity index (χ3n) is 7.64. The Bertz CT molecular complexity index is 929. The zero-order valence-corrected chi connectivity index (χ0v) is 18.0. The monoisotopic (exact) mass is 431 g/mol. The van der Waals surface area contributed by atoms with Crippen LogP contribution in [0.1, 0.15) is 43.7 Å². The minimum atomic E-state index is -0.481. The molecule has 1 heterocycles. The van der Waals surface area contributed by atoms with Crippen LogP contribution in [0.3, 0.4) is 0 Å². The summed E-state index contributed by atoms with van der Waals surface area (Å²) < 4.78 is 35.8. The molecule has 3 aliphatic rings. The maximum Gasteiger partial charge on any atom is 0.165 e. The highest BCUT2D eigenvalue weighted by atomic mass is 35.5. The summed E-state index contributed by atoms with van der Waals surface area (Å²) >= 11 is 6.09. The van der Waals surface area contributed by atoms with Gasteiger partial charge in [-0.25, -0.2) is 8.78 Å². The Morgan fingerprint density at radius 2 is 1.80 bits per heavy atom. The van der Waals surface area contributed by atoms with Gasteiger partial charge in [-0.1, -0.05) is 30.7 Å². The SMILES string of the molecule is C[C@@H]1[C@H](NCC2CC2)CC[C@@]2(Cc3ccc(Cl)cc3)c3c(F)ccc(F)c3OC[C@@H]12. The average Bonchev–Trinajstić information content (AvgIpc) is 3.56. The number of nitrogens with one attached hydrogen (secondary N) is 1. The molecule has 2 fully saturated rings. The second-order valence-electron chi connectivity index (χ2n) is 9.47. The molecule has 1 aliphatic heterocycles. The Morgan fingerprint density at radius 3 is 2.53 bits per heavy atom. The van der Waals surface area contributed by atoms with Gasteiger partial charge in [-0.15, -0.1) is 0 Å². The van der Waals surface area contributed by atoms with Crippen LogP contribution < -0.4 is 10.1 Å². The Hall–Kier alpha value is -1.65. The predicted octanol–water partition coefficient (Wildman–Crippen LogP) is 5.91. The molecule has 1 N–H and O–H groups in total. The van der Waals surface area contributed by atoms with Crippen LogP contribution in [-0.2, 0) is 11.8 Å². The zero-order chi connectivity index (χ0) is 20.9. The first kappa shape index (κ1) is 20.3. The molecule has 0 amide bonds. The molecular weight excluding hydrogens is 404 g/mol. The van der Waals surface area contributed by atoms with Crippen LogP contribution in [0.4, 0.5) is 8.78 Å². The molecule has 30 heavy (non-hydrogen) atoms. The van der Waals surface area contributed by atoms with E-state index in [2.05, 4.69) is 12.2 Å². The summed E-state index contributed by atoms with van der Waals surface area (Å²) in [5.41, 5.74) is 1.05. The van der Waals surface area contributed by atoms with Crippen molar-refractivity contribution in [2.45, 2.75) is 50.5 Å². The normalized spacial score (nSPS) is 30.3. The smallest absolute Gasteiger partial charge is 0.165 e. The summed E-state index contributed by atoms with van der Waals surface area (Å²) in [5.74, 6) is 0.510. The minimum Gasteiger partial charge on any atom is -0.490 e. The minimum absolute atomic E-state index is 0.108. The third-order valence-corrected chi connectivity index (χ3v) is 7.89. The summed E-state index contributed by atoms with van der Waals surface area (Å²) in [5, 5.41) is 4.44. The van der Waals surface area contributed by atoms with Crippen LogP contribution in [0.15, 0.2) is 36.4 Å². The molecule has 2 saturated carbocycles. The fraction of sp³-hybridized carbons (Fsp3) is 0.520. The molecule has 2 aliphatic carbocycles. The predicted molar refractivity (Wildman–Crippen MR) is 115 cm³/mol. The largest absolute Gasteiger partial charge is 0.490 e. The van der Waals surface area contributed by atoms with Crippen molar-refractivity contribution < 1.29 is 13.5 Å². The van der Waals surface area contributed by atoms with E-state index >= 15 is 4.39 Å². The molecule has 2 aromatic rings. The fourth-order valence-corrected chi connectivity index (χ4v) is 5.91. The van der Waals surface area contributed by atoms with E-state index in [0.717, 1.165) is 30.9 Å². The lowest BCUT2D eigenvalue weighted by molar-refractivity contribution is 0.0211. The van der Waals surface area contributed by atoms with Crippen LogP contribution in [0.25, 0.3) is 0 Å². The van der Waals surface area contributed by atoms with Crippen LogP contribution in [0.2, 0.25) is 5.02 Å². The Balaban J connectivity index is 1.54. The molecule has 160 valence electrons. The quantitative estimate of drug-likeness (QED) is 0.635. The van der Waals surface area contributed by atoms with Crippen LogP contribution in [-0.4, -0.2) is 19.2 Å². The van der Waals surface area contributed by atoms with Gasteiger partial charge in [0.15, 0.2) is 11.6 Å². The molecule has 2 aromatic carbocycles. The molecule has 0 unspecified atom stereocenters. The summed E-state index contributed by atoms with van der Waals surface area (Å²) in [6.45, 7) is 3.73. The first-order chi connectivity index (χ1) is 14.5. The summed E-state index contributed by atoms with van der Waals surface area (Å²) in [6.07, 6.45) is 5.06. The second kappa shape index (κ2) is 7.80. The topological polar surface area (TPSA) is 21.3 Å². The van der Waals surface area contributed by atoms with Crippen LogP contribution >= 0.6 is 11.6 Å². The number of rotatable bonds is 5. The average molecular weight is 432 g/mol. The summed E-state index contributed by atoms with van der Waals surface area (Å²) in [4.78, 5) is 0. The zero-order valence-electron chi connectivity index (χ0n) is 17.3. The lowest BCUT2D eigenvalue weighted by Crippen LogP contribution is -2.57. The first-order valence-corrected chi connectivity index (χ1v) is 11.4. The van der Waals surface area contributed by atoms with Crippen molar-refractivity contribution in [2.24, 2.45) is 17.8 Å². The molecule has 0 saturated heterocycles. The van der Waals surface area contributed by atoms with Crippen molar-refractivity contribution in [1.82, 2.24) is 5.32 Å². The van der Waals surface area contributed by atoms with Gasteiger partial charge in [-0.3, -0.25) is 0 Å². The van der Waals surface area contributed by atoms with E-state index < -0.39 is 11.2 Å². The molecule has 2 nitrogen and oxygen atoms in total. The highest BCUT2D eigenvalue weighted by Crippen LogP contribution is 2.55. The first-order valence-electron chi connectivity index (χ1n) is 11.1. The molecule has 4 atom stereocenters. The van der Waals surface area contributed by atoms with Gasteiger partial charge >= 0.3 is 0 Å². The Morgan fingerprint density at radius 1 is 1.07 bits per heavy atom. The van der Waals surface area contributed by atoms with Crippen molar-refractivity contribution >= 4 is 11.6 Å². The highest BCUT2D eigenvalue weighted by molar-refractivity contribution is 6.30. The number of benzene rings is 2. The standard InChI is InChI=1S/C25H28ClF2NO/c1-15-19-14-30-24-21(28)9-8-20(27)23(24)25(19,12-16-4-6-18(26)7-5-16)11-10-22(15)29-13-17-2-3-17/h4-9,15,17,19,22,29H,2-3,10-14H2,1H3/t15-,19-,22+,25-/m0/s1. The van der Waals surface area contributed by atoms with E-state index in [9.17, 15) is 4.39 Å². The van der Waals surface area contributed by atoms with Crippen molar-refractivity contribution in [3.05, 3.63) is 64.2 Å². The van der Waals surface area contributed by atoms with Crippen molar-refractivity contribution in [2.75, 3.05) is 13.2 Å². The summed E-state index contributed by atoms with van der Waals surface area (Å²) in [7, 11) is 0. The fourth-order valence-electron chi connectivity index (χ4n) is 5.78. The summed E-state index contributed by atoms with van der Waals surface area (Å²) in [6, 6.07) is 10.6. The van der Waals surface area contributed by atoms with E-state index in [4.69, 9.17) is 16.3 Å². The highest BCUT2D eigenvalue weighted by Gasteiger charge is 2.54. The molecule has 5 heteroatoms. The third kappa shape index (κ3) is 3.52. The van der Waals surface area contributed by atoms with E-state index in [1.807, 2.05) is 24.3 Å². The molecule has 0 aromatic heterocycles. The lowest BCUT2D eigenvalue weighted by Gasteiger charge is -2.53. The van der Waals surface area contributed by atoms with E-state index in [1.165, 1.54) is 25.0 Å². The lowest BCUT2D eigenvalue weighted by atomic mass is 9.54. The maximum absolute atomic E-state index is 15.2. The van der Waals surface area contributed by atoms with Gasteiger partial charge in [0.25, 0.3) is 0 Å². The molecule has 0 spiro atoms. The van der Waals surface area contributed by atoms with Crippen molar-refractivity contribution in [1.29, 1.82) is 0 Å². The molecule has 0 radical (unpaired) electrons. The number of hydrogen-bond acceptors (Lipinski definition) is 2. The van der Waals surface area contributed by atoms with E-state index in [0.29, 0.717) is 35.6 Å². The second-order valence-corrected chi connectivity index (χ2v) is 9.90. The van der Waals surface area contributed by atoms with Gasteiger partial charge in [0.05, 0.1) is 6.61 Å². The number of halogens is 3. The Labute approximate surface area is 182 Å². The van der Waals surface area contributed by atoms with Gasteiger partial charge in [0.1, 0.15) is 5.82 Å². The maximum atomic E-state index is 15.2. The van der Waals surface area contributed by atoms with E-state index in [1.54, 1.807) is 0 Å². The molecular formula is C25H28ClF2NO.